The van der Waals surface area contributed by atoms with E-state index in [2.05, 4.69) is 142 Å². The summed E-state index contributed by atoms with van der Waals surface area (Å²) in [7, 11) is -0.921. The van der Waals surface area contributed by atoms with Crippen molar-refractivity contribution in [3.05, 3.63) is 121 Å². The maximum absolute atomic E-state index is 2.60. The van der Waals surface area contributed by atoms with Crippen LogP contribution in [-0.2, 0) is 0 Å². The highest BCUT2D eigenvalue weighted by Crippen LogP contribution is 2.67. The summed E-state index contributed by atoms with van der Waals surface area (Å²) < 4.78 is 0. The van der Waals surface area contributed by atoms with E-state index in [1.807, 2.05) is 0 Å². The predicted molar refractivity (Wildman–Crippen MR) is 158 cm³/mol. The molecule has 1 fully saturated rings. The van der Waals surface area contributed by atoms with Gasteiger partial charge in [-0.1, -0.05) is 142 Å². The molecule has 4 aromatic rings. The Labute approximate surface area is 214 Å². The van der Waals surface area contributed by atoms with Crippen LogP contribution in [-0.4, -0.2) is 10.8 Å². The summed E-state index contributed by atoms with van der Waals surface area (Å²) in [6, 6.07) is 45.5. The van der Waals surface area contributed by atoms with Gasteiger partial charge in [-0.2, -0.15) is 0 Å². The Kier molecular flexibility index (Phi) is 7.53. The van der Waals surface area contributed by atoms with E-state index in [1.54, 1.807) is 0 Å². The molecule has 0 bridgehead atoms. The molecule has 1 aliphatic rings. The smallest absolute Gasteiger partial charge is 0.00406 e. The van der Waals surface area contributed by atoms with Crippen LogP contribution in [0, 0.1) is 11.8 Å². The van der Waals surface area contributed by atoms with Crippen molar-refractivity contribution in [1.29, 1.82) is 0 Å². The molecule has 3 atom stereocenters. The van der Waals surface area contributed by atoms with Crippen molar-refractivity contribution in [2.24, 2.45) is 11.8 Å². The fourth-order valence-electron chi connectivity index (χ4n) is 6.42. The van der Waals surface area contributed by atoms with Crippen LogP contribution in [0.3, 0.4) is 0 Å². The highest BCUT2D eigenvalue weighted by molar-refractivity contribution is 7.75. The van der Waals surface area contributed by atoms with Gasteiger partial charge >= 0.3 is 0 Å². The maximum Gasteiger partial charge on any atom is 0.00406 e. The third kappa shape index (κ3) is 4.65. The molecule has 3 unspecified atom stereocenters. The number of hydrogen-bond donors (Lipinski definition) is 0. The lowest BCUT2D eigenvalue weighted by Gasteiger charge is -2.47. The number of hydrogen-bond acceptors (Lipinski definition) is 0. The number of benzene rings is 4. The number of rotatable bonds is 7. The Morgan fingerprint density at radius 2 is 0.971 bits per heavy atom. The van der Waals surface area contributed by atoms with Gasteiger partial charge in [0, 0.05) is 5.16 Å². The molecule has 35 heavy (non-hydrogen) atoms. The van der Waals surface area contributed by atoms with Gasteiger partial charge in [0.2, 0.25) is 0 Å². The van der Waals surface area contributed by atoms with Gasteiger partial charge in [-0.25, -0.2) is 0 Å². The third-order valence-electron chi connectivity index (χ3n) is 8.05. The Hall–Kier alpha value is -2.26. The molecule has 0 spiro atoms. The van der Waals surface area contributed by atoms with E-state index in [1.165, 1.54) is 34.1 Å². The van der Waals surface area contributed by atoms with Gasteiger partial charge in [0.15, 0.2) is 0 Å². The van der Waals surface area contributed by atoms with Crippen LogP contribution in [0.2, 0.25) is 0 Å². The summed E-state index contributed by atoms with van der Waals surface area (Å²) in [6.07, 6.45) is 2.60. The molecule has 4 aromatic carbocycles. The minimum absolute atomic E-state index is 0.271. The topological polar surface area (TPSA) is 0 Å². The highest BCUT2D eigenvalue weighted by Gasteiger charge is 2.55. The molecule has 2 heteroatoms. The molecular weight excluding hydrogens is 458 g/mol. The molecule has 1 aliphatic carbocycles. The second-order valence-electron chi connectivity index (χ2n) is 10.1. The minimum Gasteiger partial charge on any atom is -0.0622 e. The van der Waals surface area contributed by atoms with Crippen molar-refractivity contribution in [2.45, 2.75) is 44.4 Å². The van der Waals surface area contributed by atoms with Crippen LogP contribution < -0.4 is 21.2 Å². The molecule has 0 aromatic heterocycles. The molecule has 0 saturated heterocycles. The van der Waals surface area contributed by atoms with Crippen LogP contribution in [0.15, 0.2) is 121 Å². The normalized spacial score (nSPS) is 22.2. The molecule has 0 radical (unpaired) electrons. The van der Waals surface area contributed by atoms with Crippen molar-refractivity contribution < 1.29 is 0 Å². The zero-order valence-corrected chi connectivity index (χ0v) is 22.9. The summed E-state index contributed by atoms with van der Waals surface area (Å²) in [5.41, 5.74) is 0.676. The van der Waals surface area contributed by atoms with Crippen LogP contribution in [0.1, 0.15) is 33.6 Å². The Morgan fingerprint density at radius 3 is 1.34 bits per heavy atom. The molecule has 0 heterocycles. The second kappa shape index (κ2) is 10.8. The van der Waals surface area contributed by atoms with E-state index < -0.39 is 15.8 Å². The standard InChI is InChI=1S/C33H36P2/c1-26(2)33(35(30-20-12-6-13-21-30)31-22-14-7-15-23-31)25-24-32(27(33)3)34(28-16-8-4-9-17-28)29-18-10-5-11-19-29/h4-23,26-27,32H,24-25H2,1-3H3. The van der Waals surface area contributed by atoms with Gasteiger partial charge in [0.1, 0.15) is 0 Å². The van der Waals surface area contributed by atoms with Gasteiger partial charge in [-0.05, 0) is 67.4 Å². The van der Waals surface area contributed by atoms with E-state index in [4.69, 9.17) is 0 Å². The second-order valence-corrected chi connectivity index (χ2v) is 15.1. The molecule has 5 rings (SSSR count). The fraction of sp³-hybridized carbons (Fsp3) is 0.273. The molecular formula is C33H36P2. The summed E-state index contributed by atoms with van der Waals surface area (Å²) in [5, 5.41) is 6.37. The lowest BCUT2D eigenvalue weighted by atomic mass is 9.86. The van der Waals surface area contributed by atoms with Crippen LogP contribution in [0.5, 0.6) is 0 Å². The monoisotopic (exact) mass is 494 g/mol. The summed E-state index contributed by atoms with van der Waals surface area (Å²) in [5.74, 6) is 1.23. The third-order valence-corrected chi connectivity index (χ3v) is 14.7. The average Bonchev–Trinajstić information content (AvgIpc) is 3.24. The first-order valence-electron chi connectivity index (χ1n) is 12.9. The van der Waals surface area contributed by atoms with E-state index in [9.17, 15) is 0 Å². The van der Waals surface area contributed by atoms with E-state index >= 15 is 0 Å². The van der Waals surface area contributed by atoms with Crippen molar-refractivity contribution in [1.82, 2.24) is 0 Å². The van der Waals surface area contributed by atoms with Crippen molar-refractivity contribution >= 4 is 37.1 Å². The van der Waals surface area contributed by atoms with Crippen LogP contribution in [0.4, 0.5) is 0 Å². The summed E-state index contributed by atoms with van der Waals surface area (Å²) in [6.45, 7) is 7.58. The molecule has 0 nitrogen and oxygen atoms in total. The van der Waals surface area contributed by atoms with Gasteiger partial charge < -0.3 is 0 Å². The van der Waals surface area contributed by atoms with Gasteiger partial charge in [-0.15, -0.1) is 0 Å². The average molecular weight is 495 g/mol. The first-order valence-corrected chi connectivity index (χ1v) is 15.7. The lowest BCUT2D eigenvalue weighted by molar-refractivity contribution is 0.357. The largest absolute Gasteiger partial charge is 0.0622 e. The molecule has 178 valence electrons. The van der Waals surface area contributed by atoms with Gasteiger partial charge in [0.25, 0.3) is 0 Å². The molecule has 0 amide bonds. The lowest BCUT2D eigenvalue weighted by Crippen LogP contribution is -2.44. The van der Waals surface area contributed by atoms with Crippen molar-refractivity contribution in [2.75, 3.05) is 0 Å². The Morgan fingerprint density at radius 1 is 0.600 bits per heavy atom. The van der Waals surface area contributed by atoms with Gasteiger partial charge in [-0.3, -0.25) is 0 Å². The van der Waals surface area contributed by atoms with Crippen LogP contribution in [0.25, 0.3) is 0 Å². The first kappa shape index (κ1) is 24.4. The molecule has 1 saturated carbocycles. The molecule has 0 N–H and O–H groups in total. The fourth-order valence-corrected chi connectivity index (χ4v) is 13.3. The first-order chi connectivity index (χ1) is 17.1. The van der Waals surface area contributed by atoms with Crippen molar-refractivity contribution in [3.8, 4) is 0 Å². The zero-order chi connectivity index (χ0) is 24.3. The zero-order valence-electron chi connectivity index (χ0n) is 21.1. The van der Waals surface area contributed by atoms with Gasteiger partial charge in [0.05, 0.1) is 0 Å². The van der Waals surface area contributed by atoms with Crippen molar-refractivity contribution in [3.63, 3.8) is 0 Å². The minimum atomic E-state index is -0.494. The Bertz CT molecular complexity index is 1110. The van der Waals surface area contributed by atoms with E-state index in [0.717, 1.165) is 0 Å². The summed E-state index contributed by atoms with van der Waals surface area (Å²) >= 11 is 0. The predicted octanol–water partition coefficient (Wildman–Crippen LogP) is 7.45. The quantitative estimate of drug-likeness (QED) is 0.234. The molecule has 0 aliphatic heterocycles. The van der Waals surface area contributed by atoms with Crippen LogP contribution >= 0.6 is 15.8 Å². The highest BCUT2D eigenvalue weighted by atomic mass is 31.1. The summed E-state index contributed by atoms with van der Waals surface area (Å²) in [4.78, 5) is 0. The van der Waals surface area contributed by atoms with E-state index in [0.29, 0.717) is 17.5 Å². The Balaban J connectivity index is 1.64. The van der Waals surface area contributed by atoms with E-state index in [-0.39, 0.29) is 5.16 Å². The maximum atomic E-state index is 2.60. The SMILES string of the molecule is CC(C)C1(P(c2ccccc2)c2ccccc2)CCC(P(c2ccccc2)c2ccccc2)C1C.